The minimum Gasteiger partial charge on any atom is -0.462 e. The normalized spacial score (nSPS) is 13.9. The predicted octanol–water partition coefficient (Wildman–Crippen LogP) is 22.2. The average molecular weight is 1380 g/mol. The highest BCUT2D eigenvalue weighted by Crippen LogP contribution is 2.45. The maximum absolute atomic E-state index is 13.1. The lowest BCUT2D eigenvalue weighted by Crippen LogP contribution is -2.30. The van der Waals surface area contributed by atoms with E-state index in [1.54, 1.807) is 0 Å². The number of aliphatic hydroxyl groups excluding tert-OH is 1. The van der Waals surface area contributed by atoms with E-state index in [9.17, 15) is 43.2 Å². The van der Waals surface area contributed by atoms with E-state index in [1.165, 1.54) is 231 Å². The van der Waals surface area contributed by atoms with Gasteiger partial charge < -0.3 is 33.8 Å². The first kappa shape index (κ1) is 92.1. The van der Waals surface area contributed by atoms with Gasteiger partial charge in [-0.15, -0.1) is 0 Å². The largest absolute Gasteiger partial charge is 0.472 e. The summed E-state index contributed by atoms with van der Waals surface area (Å²) in [6.45, 7) is 4.97. The Balaban J connectivity index is 5.17. The van der Waals surface area contributed by atoms with Crippen molar-refractivity contribution in [2.75, 3.05) is 39.6 Å². The highest BCUT2D eigenvalue weighted by atomic mass is 31.2. The van der Waals surface area contributed by atoms with Crippen molar-refractivity contribution in [2.24, 2.45) is 0 Å². The Morgan fingerprint density at radius 1 is 0.255 bits per heavy atom. The number of phosphoric acid groups is 2. The van der Waals surface area contributed by atoms with Gasteiger partial charge in [0.1, 0.15) is 19.3 Å². The van der Waals surface area contributed by atoms with E-state index in [2.05, 4.69) is 27.7 Å². The van der Waals surface area contributed by atoms with Crippen LogP contribution >= 0.6 is 15.6 Å². The Bertz CT molecular complexity index is 1790. The van der Waals surface area contributed by atoms with Gasteiger partial charge in [-0.05, 0) is 25.7 Å². The summed E-state index contributed by atoms with van der Waals surface area (Å²) in [7, 11) is -9.90. The summed E-state index contributed by atoms with van der Waals surface area (Å²) in [5, 5.41) is 10.6. The molecule has 0 saturated carbocycles. The summed E-state index contributed by atoms with van der Waals surface area (Å²) in [4.78, 5) is 72.7. The predicted molar refractivity (Wildman–Crippen MR) is 382 cm³/mol. The van der Waals surface area contributed by atoms with Gasteiger partial charge in [-0.2, -0.15) is 0 Å². The fraction of sp³-hybridized carbons (Fsp3) is 0.947. The van der Waals surface area contributed by atoms with E-state index in [4.69, 9.17) is 37.0 Å². The molecule has 0 heterocycles. The lowest BCUT2D eigenvalue weighted by Gasteiger charge is -2.21. The molecule has 0 radical (unpaired) electrons. The highest BCUT2D eigenvalue weighted by Gasteiger charge is 2.30. The number of phosphoric ester groups is 2. The third-order valence-electron chi connectivity index (χ3n) is 17.6. The molecule has 17 nitrogen and oxygen atoms in total. The molecule has 0 aliphatic carbocycles. The van der Waals surface area contributed by atoms with Crippen LogP contribution in [0.5, 0.6) is 0 Å². The van der Waals surface area contributed by atoms with Gasteiger partial charge in [-0.1, -0.05) is 349 Å². The van der Waals surface area contributed by atoms with E-state index in [0.717, 1.165) is 89.9 Å². The average Bonchev–Trinajstić information content (AvgIpc) is 1.25. The molecule has 0 aromatic carbocycles. The van der Waals surface area contributed by atoms with Crippen LogP contribution in [0, 0.1) is 0 Å². The van der Waals surface area contributed by atoms with E-state index in [-0.39, 0.29) is 25.7 Å². The molecule has 0 fully saturated rings. The number of esters is 4. The Hall–Kier alpha value is -1.94. The fourth-order valence-electron chi connectivity index (χ4n) is 11.6. The van der Waals surface area contributed by atoms with Crippen LogP contribution < -0.4 is 0 Å². The van der Waals surface area contributed by atoms with Crippen molar-refractivity contribution in [3.63, 3.8) is 0 Å². The van der Waals surface area contributed by atoms with Gasteiger partial charge in [0.15, 0.2) is 12.2 Å². The van der Waals surface area contributed by atoms with Gasteiger partial charge in [0.05, 0.1) is 26.4 Å². The molecule has 2 unspecified atom stereocenters. The van der Waals surface area contributed by atoms with Gasteiger partial charge >= 0.3 is 39.5 Å². The number of carbonyl (C=O) groups is 4. The zero-order chi connectivity index (χ0) is 69.0. The zero-order valence-electron chi connectivity index (χ0n) is 60.9. The van der Waals surface area contributed by atoms with Crippen molar-refractivity contribution in [1.82, 2.24) is 0 Å². The first-order valence-corrected chi connectivity index (χ1v) is 42.3. The first-order valence-electron chi connectivity index (χ1n) is 39.3. The molecule has 0 aromatic heterocycles. The molecule has 0 saturated heterocycles. The smallest absolute Gasteiger partial charge is 0.462 e. The van der Waals surface area contributed by atoms with Gasteiger partial charge in [-0.25, -0.2) is 9.13 Å². The molecule has 94 heavy (non-hydrogen) atoms. The van der Waals surface area contributed by atoms with Crippen molar-refractivity contribution in [1.29, 1.82) is 0 Å². The first-order chi connectivity index (χ1) is 45.7. The molecular weight excluding hydrogens is 1230 g/mol. The number of aliphatic hydroxyl groups is 1. The molecule has 0 aliphatic heterocycles. The van der Waals surface area contributed by atoms with Crippen LogP contribution in [0.1, 0.15) is 400 Å². The number of hydrogen-bond acceptors (Lipinski definition) is 15. The molecular formula is C75H146O17P2. The number of ether oxygens (including phenoxy) is 4. The topological polar surface area (TPSA) is 237 Å². The van der Waals surface area contributed by atoms with Crippen LogP contribution in [0.4, 0.5) is 0 Å². The Labute approximate surface area is 575 Å². The Morgan fingerprint density at radius 3 is 0.628 bits per heavy atom. The van der Waals surface area contributed by atoms with E-state index in [0.29, 0.717) is 25.7 Å². The van der Waals surface area contributed by atoms with Crippen LogP contribution in [0.25, 0.3) is 0 Å². The third kappa shape index (κ3) is 68.6. The van der Waals surface area contributed by atoms with Crippen molar-refractivity contribution >= 4 is 39.5 Å². The van der Waals surface area contributed by atoms with Crippen LogP contribution in [0.3, 0.4) is 0 Å². The second-order valence-corrected chi connectivity index (χ2v) is 29.9. The van der Waals surface area contributed by atoms with Crippen LogP contribution in [0.2, 0.25) is 0 Å². The zero-order valence-corrected chi connectivity index (χ0v) is 62.7. The molecule has 0 bridgehead atoms. The summed E-state index contributed by atoms with van der Waals surface area (Å²) in [6, 6.07) is 0. The van der Waals surface area contributed by atoms with Gasteiger partial charge in [0.25, 0.3) is 0 Å². The molecule has 0 aliphatic rings. The number of rotatable bonds is 76. The maximum Gasteiger partial charge on any atom is 0.472 e. The summed E-state index contributed by atoms with van der Waals surface area (Å²) >= 11 is 0. The summed E-state index contributed by atoms with van der Waals surface area (Å²) in [6.07, 6.45) is 59.6. The molecule has 0 rings (SSSR count). The summed E-state index contributed by atoms with van der Waals surface area (Å²) < 4.78 is 68.4. The molecule has 0 spiro atoms. The standard InChI is InChI=1S/C75H146O17P2/c1-5-9-13-17-21-25-29-30-31-32-33-34-35-36-37-38-42-46-50-54-58-62-75(80)92-71(66-86-73(78)60-56-52-48-44-40-27-23-19-15-11-7-3)68-90-94(83,84)88-64-69(76)63-87-93(81,82)89-67-70(91-74(79)61-57-53-49-45-41-28-24-20-16-12-8-4)65-85-72(77)59-55-51-47-43-39-26-22-18-14-10-6-2/h69-71,76H,5-68H2,1-4H3,(H,81,82)(H,83,84)/t69-,70+,71+/m0/s1. The Morgan fingerprint density at radius 2 is 0.426 bits per heavy atom. The second kappa shape index (κ2) is 69.5. The van der Waals surface area contributed by atoms with Crippen molar-refractivity contribution < 1.29 is 80.2 Å². The lowest BCUT2D eigenvalue weighted by atomic mass is 10.0. The SMILES string of the molecule is CCCCCCCCCCCCCCCCCCCCCCCC(=O)O[C@H](COC(=O)CCCCCCCCCCCCC)COP(=O)(O)OC[C@@H](O)COP(=O)(O)OC[C@@H](COC(=O)CCCCCCCCCCCCC)OC(=O)CCCCCCCCCCCCC. The van der Waals surface area contributed by atoms with E-state index >= 15 is 0 Å². The fourth-order valence-corrected chi connectivity index (χ4v) is 13.2. The molecule has 558 valence electrons. The van der Waals surface area contributed by atoms with Crippen molar-refractivity contribution in [2.45, 2.75) is 418 Å². The van der Waals surface area contributed by atoms with Gasteiger partial charge in [-0.3, -0.25) is 37.3 Å². The van der Waals surface area contributed by atoms with Crippen LogP contribution in [-0.4, -0.2) is 96.7 Å². The summed E-state index contributed by atoms with van der Waals surface area (Å²) in [5.74, 6) is -2.11. The Kier molecular flexibility index (Phi) is 68.1. The number of unbranched alkanes of at least 4 members (excludes halogenated alkanes) is 50. The lowest BCUT2D eigenvalue weighted by molar-refractivity contribution is -0.161. The molecule has 19 heteroatoms. The monoisotopic (exact) mass is 1380 g/mol. The molecule has 5 atom stereocenters. The quantitative estimate of drug-likeness (QED) is 0.0222. The van der Waals surface area contributed by atoms with E-state index in [1.807, 2.05) is 0 Å². The van der Waals surface area contributed by atoms with Crippen LogP contribution in [-0.2, 0) is 65.4 Å². The van der Waals surface area contributed by atoms with Crippen molar-refractivity contribution in [3.05, 3.63) is 0 Å². The van der Waals surface area contributed by atoms with Crippen LogP contribution in [0.15, 0.2) is 0 Å². The minimum absolute atomic E-state index is 0.108. The molecule has 0 aromatic rings. The molecule has 0 amide bonds. The van der Waals surface area contributed by atoms with E-state index < -0.39 is 97.5 Å². The number of carbonyl (C=O) groups excluding carboxylic acids is 4. The highest BCUT2D eigenvalue weighted by molar-refractivity contribution is 7.47. The van der Waals surface area contributed by atoms with Gasteiger partial charge in [0, 0.05) is 25.7 Å². The van der Waals surface area contributed by atoms with Gasteiger partial charge in [0.2, 0.25) is 0 Å². The second-order valence-electron chi connectivity index (χ2n) is 27.0. The molecule has 3 N–H and O–H groups in total. The number of hydrogen-bond donors (Lipinski definition) is 3. The minimum atomic E-state index is -4.95. The maximum atomic E-state index is 13.1. The van der Waals surface area contributed by atoms with Crippen molar-refractivity contribution in [3.8, 4) is 0 Å². The summed E-state index contributed by atoms with van der Waals surface area (Å²) in [5.41, 5.74) is 0. The third-order valence-corrected chi connectivity index (χ3v) is 19.5.